The molecule has 7 nitrogen and oxygen atoms in total. The summed E-state index contributed by atoms with van der Waals surface area (Å²) in [5, 5.41) is 0. The van der Waals surface area contributed by atoms with Gasteiger partial charge < -0.3 is 9.47 Å². The summed E-state index contributed by atoms with van der Waals surface area (Å²) >= 11 is 0. The first-order chi connectivity index (χ1) is 13.2. The van der Waals surface area contributed by atoms with Crippen LogP contribution >= 0.6 is 0 Å². The Morgan fingerprint density at radius 2 is 1.64 bits per heavy atom. The summed E-state index contributed by atoms with van der Waals surface area (Å²) in [6.45, 7) is 2.62. The van der Waals surface area contributed by atoms with E-state index in [4.69, 9.17) is 9.47 Å². The van der Waals surface area contributed by atoms with Crippen LogP contribution in [0.1, 0.15) is 24.2 Å². The monoisotopic (exact) mass is 409 g/mol. The molecule has 0 unspecified atom stereocenters. The van der Waals surface area contributed by atoms with E-state index >= 15 is 0 Å². The van der Waals surface area contributed by atoms with Gasteiger partial charge in [-0.1, -0.05) is 12.1 Å². The molecule has 2 atom stereocenters. The Balaban J connectivity index is 2.02. The number of methoxy groups -OCH3 is 1. The quantitative estimate of drug-likeness (QED) is 0.531. The van der Waals surface area contributed by atoms with Crippen molar-refractivity contribution in [1.29, 1.82) is 0 Å². The maximum Gasteiger partial charge on any atom is 0.324 e. The normalized spacial score (nSPS) is 13.4. The van der Waals surface area contributed by atoms with Gasteiger partial charge in [-0.2, -0.15) is 4.72 Å². The van der Waals surface area contributed by atoms with Crippen molar-refractivity contribution >= 4 is 21.8 Å². The van der Waals surface area contributed by atoms with Gasteiger partial charge in [0.25, 0.3) is 0 Å². The molecule has 0 aromatic heterocycles. The van der Waals surface area contributed by atoms with E-state index in [0.717, 1.165) is 12.1 Å². The fourth-order valence-electron chi connectivity index (χ4n) is 2.33. The van der Waals surface area contributed by atoms with Crippen LogP contribution in [0.5, 0.6) is 5.75 Å². The number of hydrogen-bond donors (Lipinski definition) is 1. The van der Waals surface area contributed by atoms with Crippen LogP contribution in [0.25, 0.3) is 0 Å². The number of hydrogen-bond acceptors (Lipinski definition) is 6. The second-order valence-electron chi connectivity index (χ2n) is 5.95. The lowest BCUT2D eigenvalue weighted by atomic mass is 10.1. The highest BCUT2D eigenvalue weighted by Crippen LogP contribution is 2.16. The average Bonchev–Trinajstić information content (AvgIpc) is 2.67. The minimum absolute atomic E-state index is 0.306. The van der Waals surface area contributed by atoms with E-state index in [-0.39, 0.29) is 0 Å². The van der Waals surface area contributed by atoms with Crippen molar-refractivity contribution in [2.24, 2.45) is 0 Å². The summed E-state index contributed by atoms with van der Waals surface area (Å²) in [5.41, 5.74) is 0.306. The third-order valence-electron chi connectivity index (χ3n) is 3.85. The minimum Gasteiger partial charge on any atom is -0.497 e. The molecule has 0 radical (unpaired) electrons. The van der Waals surface area contributed by atoms with Gasteiger partial charge in [0, 0.05) is 5.56 Å². The van der Waals surface area contributed by atoms with E-state index in [2.05, 4.69) is 0 Å². The summed E-state index contributed by atoms with van der Waals surface area (Å²) < 4.78 is 50.3. The van der Waals surface area contributed by atoms with E-state index in [1.54, 1.807) is 12.1 Å². The summed E-state index contributed by atoms with van der Waals surface area (Å²) in [5.74, 6) is -1.80. The Morgan fingerprint density at radius 1 is 1.04 bits per heavy atom. The van der Waals surface area contributed by atoms with E-state index in [9.17, 15) is 22.4 Å². The predicted octanol–water partition coefficient (Wildman–Crippen LogP) is 2.32. The predicted molar refractivity (Wildman–Crippen MR) is 99.1 cm³/mol. The van der Waals surface area contributed by atoms with Crippen molar-refractivity contribution in [3.05, 3.63) is 59.9 Å². The van der Waals surface area contributed by atoms with Gasteiger partial charge in [0.2, 0.25) is 15.8 Å². The van der Waals surface area contributed by atoms with Crippen LogP contribution in [0.2, 0.25) is 0 Å². The third kappa shape index (κ3) is 5.14. The van der Waals surface area contributed by atoms with Crippen molar-refractivity contribution in [3.8, 4) is 5.75 Å². The fraction of sp³-hybridized carbons (Fsp3) is 0.263. The zero-order chi connectivity index (χ0) is 20.9. The van der Waals surface area contributed by atoms with Gasteiger partial charge >= 0.3 is 5.97 Å². The van der Waals surface area contributed by atoms with Gasteiger partial charge in [-0.3, -0.25) is 9.59 Å². The summed E-state index contributed by atoms with van der Waals surface area (Å²) in [7, 11) is -2.78. The summed E-state index contributed by atoms with van der Waals surface area (Å²) in [6.07, 6.45) is -1.14. The van der Waals surface area contributed by atoms with Crippen molar-refractivity contribution in [2.45, 2.75) is 30.9 Å². The molecule has 150 valence electrons. The lowest BCUT2D eigenvalue weighted by molar-refractivity contribution is -0.147. The molecule has 0 fully saturated rings. The van der Waals surface area contributed by atoms with Crippen LogP contribution in [-0.2, 0) is 19.6 Å². The Labute approximate surface area is 162 Å². The van der Waals surface area contributed by atoms with Crippen LogP contribution in [0.15, 0.2) is 53.4 Å². The summed E-state index contributed by atoms with van der Waals surface area (Å²) in [6, 6.07) is 9.68. The van der Waals surface area contributed by atoms with E-state index in [1.165, 1.54) is 45.2 Å². The number of ether oxygens (including phenoxy) is 2. The van der Waals surface area contributed by atoms with Crippen molar-refractivity contribution in [3.63, 3.8) is 0 Å². The molecule has 0 spiro atoms. The molecule has 0 amide bonds. The molecular formula is C19H20FNO6S. The van der Waals surface area contributed by atoms with Gasteiger partial charge in [0.15, 0.2) is 6.10 Å². The minimum atomic E-state index is -4.28. The van der Waals surface area contributed by atoms with Crippen molar-refractivity contribution < 1.29 is 31.9 Å². The molecule has 9 heteroatoms. The maximum absolute atomic E-state index is 13.7. The molecule has 0 saturated heterocycles. The molecule has 1 N–H and O–H groups in total. The van der Waals surface area contributed by atoms with Crippen LogP contribution in [0.4, 0.5) is 4.39 Å². The molecule has 0 aliphatic rings. The Bertz CT molecular complexity index is 959. The van der Waals surface area contributed by atoms with Gasteiger partial charge in [-0.05, 0) is 50.2 Å². The number of Topliss-reactive ketones (excluding diaryl/α,β-unsaturated/α-hetero) is 1. The van der Waals surface area contributed by atoms with Crippen LogP contribution in [0, 0.1) is 5.82 Å². The smallest absolute Gasteiger partial charge is 0.324 e. The molecule has 2 aromatic carbocycles. The molecule has 0 heterocycles. The number of rotatable bonds is 8. The molecule has 0 saturated carbocycles. The number of ketones is 1. The first-order valence-electron chi connectivity index (χ1n) is 8.31. The highest BCUT2D eigenvalue weighted by atomic mass is 32.2. The number of carbonyl (C=O) groups excluding carboxylic acids is 2. The van der Waals surface area contributed by atoms with Gasteiger partial charge in [0.05, 0.1) is 7.11 Å². The second-order valence-corrected chi connectivity index (χ2v) is 7.63. The maximum atomic E-state index is 13.7. The lowest BCUT2D eigenvalue weighted by Gasteiger charge is -2.17. The first-order valence-corrected chi connectivity index (χ1v) is 9.79. The van der Waals surface area contributed by atoms with Crippen LogP contribution < -0.4 is 9.46 Å². The Kier molecular flexibility index (Phi) is 6.87. The molecular weight excluding hydrogens is 389 g/mol. The molecule has 0 aliphatic heterocycles. The lowest BCUT2D eigenvalue weighted by Crippen LogP contribution is -2.41. The molecule has 0 aliphatic carbocycles. The first kappa shape index (κ1) is 21.5. The highest BCUT2D eigenvalue weighted by molar-refractivity contribution is 7.89. The SMILES string of the molecule is COc1ccc(C(=O)[C@H](C)OC(=O)[C@H](C)NS(=O)(=O)c2ccccc2F)cc1. The number of halogens is 1. The molecule has 28 heavy (non-hydrogen) atoms. The van der Waals surface area contributed by atoms with Gasteiger partial charge in [-0.15, -0.1) is 0 Å². The largest absolute Gasteiger partial charge is 0.497 e. The zero-order valence-electron chi connectivity index (χ0n) is 15.5. The topological polar surface area (TPSA) is 98.8 Å². The second kappa shape index (κ2) is 8.94. The summed E-state index contributed by atoms with van der Waals surface area (Å²) in [4.78, 5) is 23.9. The van der Waals surface area contributed by atoms with E-state index in [1.807, 2.05) is 4.72 Å². The van der Waals surface area contributed by atoms with Gasteiger partial charge in [-0.25, -0.2) is 12.8 Å². The average molecular weight is 409 g/mol. The molecule has 2 rings (SSSR count). The standard InChI is InChI=1S/C19H20FNO6S/c1-12(21-28(24,25)17-7-5-4-6-16(17)20)19(23)27-13(2)18(22)14-8-10-15(26-3)11-9-14/h4-13,21H,1-3H3/t12-,13-/m0/s1. The zero-order valence-corrected chi connectivity index (χ0v) is 16.3. The Hall–Kier alpha value is -2.78. The van der Waals surface area contributed by atoms with Gasteiger partial charge in [0.1, 0.15) is 22.5 Å². The fourth-order valence-corrected chi connectivity index (χ4v) is 3.60. The van der Waals surface area contributed by atoms with Crippen molar-refractivity contribution in [2.75, 3.05) is 7.11 Å². The van der Waals surface area contributed by atoms with Crippen molar-refractivity contribution in [1.82, 2.24) is 4.72 Å². The Morgan fingerprint density at radius 3 is 2.21 bits per heavy atom. The van der Waals surface area contributed by atoms with E-state index in [0.29, 0.717) is 11.3 Å². The molecule has 0 bridgehead atoms. The number of benzene rings is 2. The highest BCUT2D eigenvalue weighted by Gasteiger charge is 2.28. The number of carbonyl (C=O) groups is 2. The van der Waals surface area contributed by atoms with Crippen LogP contribution in [0.3, 0.4) is 0 Å². The van der Waals surface area contributed by atoms with Crippen LogP contribution in [-0.4, -0.2) is 39.4 Å². The van der Waals surface area contributed by atoms with E-state index < -0.39 is 44.6 Å². The number of esters is 1. The third-order valence-corrected chi connectivity index (χ3v) is 5.42. The molecule has 2 aromatic rings. The number of nitrogens with one attached hydrogen (secondary N) is 1. The number of sulfonamides is 1.